The van der Waals surface area contributed by atoms with Crippen molar-refractivity contribution >= 4 is 11.8 Å². The number of rotatable bonds is 3. The third kappa shape index (κ3) is 2.70. The van der Waals surface area contributed by atoms with Gasteiger partial charge in [0.2, 0.25) is 0 Å². The van der Waals surface area contributed by atoms with Crippen LogP contribution in [0.25, 0.3) is 5.69 Å². The van der Waals surface area contributed by atoms with Gasteiger partial charge >= 0.3 is 0 Å². The average Bonchev–Trinajstić information content (AvgIpc) is 2.89. The molecule has 1 saturated heterocycles. The van der Waals surface area contributed by atoms with Crippen LogP contribution in [0.2, 0.25) is 0 Å². The predicted molar refractivity (Wildman–Crippen MR) is 74.3 cm³/mol. The van der Waals surface area contributed by atoms with E-state index in [-0.39, 0.29) is 0 Å². The van der Waals surface area contributed by atoms with Crippen molar-refractivity contribution in [2.75, 3.05) is 5.75 Å². The summed E-state index contributed by atoms with van der Waals surface area (Å²) in [6.45, 7) is 0. The summed E-state index contributed by atoms with van der Waals surface area (Å²) in [5.41, 5.74) is 1.36. The molecule has 1 aromatic carbocycles. The Morgan fingerprint density at radius 3 is 2.89 bits per heavy atom. The number of ether oxygens (including phenoxy) is 1. The van der Waals surface area contributed by atoms with Gasteiger partial charge in [-0.2, -0.15) is 5.10 Å². The summed E-state index contributed by atoms with van der Waals surface area (Å²) in [5.74, 6) is 2.07. The fourth-order valence-electron chi connectivity index (χ4n) is 2.04. The first-order chi connectivity index (χ1) is 8.92. The van der Waals surface area contributed by atoms with Crippen LogP contribution in [0.4, 0.5) is 0 Å². The SMILES string of the molecule is c1ccc(-n2cc(OC3CCCCS3)cn2)cc1. The quantitative estimate of drug-likeness (QED) is 0.845. The maximum atomic E-state index is 5.94. The van der Waals surface area contributed by atoms with Crippen molar-refractivity contribution in [1.29, 1.82) is 0 Å². The summed E-state index contributed by atoms with van der Waals surface area (Å²) >= 11 is 1.90. The first-order valence-electron chi connectivity index (χ1n) is 6.30. The van der Waals surface area contributed by atoms with Crippen molar-refractivity contribution in [3.8, 4) is 11.4 Å². The van der Waals surface area contributed by atoms with Gasteiger partial charge in [-0.1, -0.05) is 18.2 Å². The van der Waals surface area contributed by atoms with Gasteiger partial charge in [0.15, 0.2) is 5.75 Å². The van der Waals surface area contributed by atoms with Crippen molar-refractivity contribution in [2.24, 2.45) is 0 Å². The van der Waals surface area contributed by atoms with Gasteiger partial charge in [0, 0.05) is 0 Å². The van der Waals surface area contributed by atoms with Crippen molar-refractivity contribution < 1.29 is 4.74 Å². The molecular formula is C14H16N2OS. The molecular weight excluding hydrogens is 244 g/mol. The predicted octanol–water partition coefficient (Wildman–Crippen LogP) is 3.49. The number of thioether (sulfide) groups is 1. The molecule has 0 spiro atoms. The molecule has 0 aliphatic carbocycles. The molecule has 94 valence electrons. The molecule has 3 nitrogen and oxygen atoms in total. The minimum absolute atomic E-state index is 0.298. The molecule has 4 heteroatoms. The van der Waals surface area contributed by atoms with Crippen LogP contribution in [0.5, 0.6) is 5.75 Å². The van der Waals surface area contributed by atoms with Crippen molar-refractivity contribution in [3.05, 3.63) is 42.7 Å². The topological polar surface area (TPSA) is 27.1 Å². The summed E-state index contributed by atoms with van der Waals surface area (Å²) in [6.07, 6.45) is 7.46. The molecule has 18 heavy (non-hydrogen) atoms. The highest BCUT2D eigenvalue weighted by Crippen LogP contribution is 2.27. The summed E-state index contributed by atoms with van der Waals surface area (Å²) < 4.78 is 7.79. The monoisotopic (exact) mass is 260 g/mol. The Labute approximate surface area is 111 Å². The van der Waals surface area contributed by atoms with Crippen LogP contribution in [-0.4, -0.2) is 21.0 Å². The average molecular weight is 260 g/mol. The Balaban J connectivity index is 1.69. The molecule has 3 rings (SSSR count). The fourth-order valence-corrected chi connectivity index (χ4v) is 3.19. The Bertz CT molecular complexity index is 492. The number of hydrogen-bond donors (Lipinski definition) is 0. The molecule has 0 N–H and O–H groups in total. The summed E-state index contributed by atoms with van der Waals surface area (Å²) in [4.78, 5) is 0. The van der Waals surface area contributed by atoms with Gasteiger partial charge in [-0.3, -0.25) is 0 Å². The fraction of sp³-hybridized carbons (Fsp3) is 0.357. The van der Waals surface area contributed by atoms with Gasteiger partial charge in [-0.25, -0.2) is 4.68 Å². The lowest BCUT2D eigenvalue weighted by Crippen LogP contribution is -2.16. The molecule has 1 fully saturated rings. The van der Waals surface area contributed by atoms with Crippen molar-refractivity contribution in [3.63, 3.8) is 0 Å². The third-order valence-electron chi connectivity index (χ3n) is 2.99. The molecule has 1 atom stereocenters. The number of para-hydroxylation sites is 1. The number of hydrogen-bond acceptors (Lipinski definition) is 3. The van der Waals surface area contributed by atoms with E-state index in [1.54, 1.807) is 6.20 Å². The van der Waals surface area contributed by atoms with Gasteiger partial charge in [0.05, 0.1) is 18.1 Å². The molecule has 0 bridgehead atoms. The third-order valence-corrected chi connectivity index (χ3v) is 4.21. The molecule has 2 heterocycles. The highest BCUT2D eigenvalue weighted by atomic mass is 32.2. The Morgan fingerprint density at radius 2 is 2.11 bits per heavy atom. The van der Waals surface area contributed by atoms with Gasteiger partial charge in [0.1, 0.15) is 5.44 Å². The Morgan fingerprint density at radius 1 is 1.22 bits per heavy atom. The normalized spacial score (nSPS) is 19.7. The highest BCUT2D eigenvalue weighted by Gasteiger charge is 2.16. The second-order valence-corrected chi connectivity index (χ2v) is 5.64. The van der Waals surface area contributed by atoms with E-state index < -0.39 is 0 Å². The lowest BCUT2D eigenvalue weighted by atomic mass is 10.2. The van der Waals surface area contributed by atoms with Crippen LogP contribution >= 0.6 is 11.8 Å². The largest absolute Gasteiger partial charge is 0.477 e. The van der Waals surface area contributed by atoms with Crippen LogP contribution in [0.15, 0.2) is 42.7 Å². The Hall–Kier alpha value is -1.42. The van der Waals surface area contributed by atoms with Crippen LogP contribution < -0.4 is 4.74 Å². The van der Waals surface area contributed by atoms with Crippen LogP contribution in [0.3, 0.4) is 0 Å². The molecule has 0 amide bonds. The maximum Gasteiger partial charge on any atom is 0.159 e. The number of nitrogens with zero attached hydrogens (tertiary/aromatic N) is 2. The van der Waals surface area contributed by atoms with Gasteiger partial charge in [-0.15, -0.1) is 11.8 Å². The summed E-state index contributed by atoms with van der Waals surface area (Å²) in [6, 6.07) is 10.1. The zero-order chi connectivity index (χ0) is 12.2. The van der Waals surface area contributed by atoms with E-state index in [2.05, 4.69) is 5.10 Å². The van der Waals surface area contributed by atoms with E-state index in [1.165, 1.54) is 18.6 Å². The molecule has 1 unspecified atom stereocenters. The maximum absolute atomic E-state index is 5.94. The molecule has 1 aromatic heterocycles. The van der Waals surface area contributed by atoms with Gasteiger partial charge in [-0.05, 0) is 37.1 Å². The zero-order valence-corrected chi connectivity index (χ0v) is 11.0. The van der Waals surface area contributed by atoms with E-state index in [0.717, 1.165) is 17.9 Å². The number of aromatic nitrogens is 2. The second kappa shape index (κ2) is 5.48. The minimum atomic E-state index is 0.298. The van der Waals surface area contributed by atoms with Crippen LogP contribution in [0, 0.1) is 0 Å². The van der Waals surface area contributed by atoms with E-state index in [1.807, 2.05) is 53.0 Å². The highest BCUT2D eigenvalue weighted by molar-refractivity contribution is 7.99. The standard InChI is InChI=1S/C14H16N2OS/c1-2-6-12(7-3-1)16-11-13(10-15-16)17-14-8-4-5-9-18-14/h1-3,6-7,10-11,14H,4-5,8-9H2. The smallest absolute Gasteiger partial charge is 0.159 e. The van der Waals surface area contributed by atoms with Crippen LogP contribution in [0.1, 0.15) is 19.3 Å². The van der Waals surface area contributed by atoms with Gasteiger partial charge < -0.3 is 4.74 Å². The Kier molecular flexibility index (Phi) is 3.55. The van der Waals surface area contributed by atoms with E-state index >= 15 is 0 Å². The molecule has 2 aromatic rings. The van der Waals surface area contributed by atoms with Crippen LogP contribution in [-0.2, 0) is 0 Å². The van der Waals surface area contributed by atoms with E-state index in [9.17, 15) is 0 Å². The molecule has 1 aliphatic rings. The van der Waals surface area contributed by atoms with E-state index in [4.69, 9.17) is 4.74 Å². The van der Waals surface area contributed by atoms with Gasteiger partial charge in [0.25, 0.3) is 0 Å². The van der Waals surface area contributed by atoms with E-state index in [0.29, 0.717) is 5.44 Å². The van der Waals surface area contributed by atoms with Crippen molar-refractivity contribution in [1.82, 2.24) is 9.78 Å². The lowest BCUT2D eigenvalue weighted by Gasteiger charge is -2.21. The lowest BCUT2D eigenvalue weighted by molar-refractivity contribution is 0.268. The zero-order valence-electron chi connectivity index (χ0n) is 10.2. The second-order valence-electron chi connectivity index (χ2n) is 4.37. The first kappa shape index (κ1) is 11.7. The first-order valence-corrected chi connectivity index (χ1v) is 7.35. The number of benzene rings is 1. The summed E-state index contributed by atoms with van der Waals surface area (Å²) in [7, 11) is 0. The molecule has 0 saturated carbocycles. The molecule has 0 radical (unpaired) electrons. The van der Waals surface area contributed by atoms with Crippen molar-refractivity contribution in [2.45, 2.75) is 24.7 Å². The summed E-state index contributed by atoms with van der Waals surface area (Å²) in [5, 5.41) is 4.33. The minimum Gasteiger partial charge on any atom is -0.477 e. The molecule has 1 aliphatic heterocycles.